The van der Waals surface area contributed by atoms with Crippen molar-refractivity contribution in [3.05, 3.63) is 34.9 Å². The molecule has 0 radical (unpaired) electrons. The molecule has 1 aromatic carbocycles. The first kappa shape index (κ1) is 14.3. The Bertz CT molecular complexity index is 391. The number of nitrogens with one attached hydrogen (secondary N) is 1. The van der Waals surface area contributed by atoms with Gasteiger partial charge in [0.1, 0.15) is 0 Å². The van der Waals surface area contributed by atoms with E-state index < -0.39 is 5.41 Å². The topological polar surface area (TPSA) is 29.1 Å². The molecule has 0 aliphatic heterocycles. The first-order valence-electron chi connectivity index (χ1n) is 5.55. The third kappa shape index (κ3) is 4.21. The molecule has 17 heavy (non-hydrogen) atoms. The number of amides is 1. The third-order valence-corrected chi connectivity index (χ3v) is 3.62. The molecule has 1 aromatic rings. The van der Waals surface area contributed by atoms with Crippen molar-refractivity contribution < 1.29 is 4.79 Å². The lowest BCUT2D eigenvalue weighted by Crippen LogP contribution is -2.39. The summed E-state index contributed by atoms with van der Waals surface area (Å²) in [6, 6.07) is 7.63. The van der Waals surface area contributed by atoms with Crippen molar-refractivity contribution in [1.29, 1.82) is 0 Å². The van der Waals surface area contributed by atoms with E-state index in [2.05, 4.69) is 5.32 Å². The molecule has 0 saturated carbocycles. The normalized spacial score (nSPS) is 11.3. The number of hydrogen-bond acceptors (Lipinski definition) is 1. The highest BCUT2D eigenvalue weighted by molar-refractivity contribution is 6.31. The number of halogens is 2. The van der Waals surface area contributed by atoms with Crippen LogP contribution in [-0.2, 0) is 11.2 Å². The molecule has 4 heteroatoms. The fourth-order valence-electron chi connectivity index (χ4n) is 1.31. The van der Waals surface area contributed by atoms with Crippen LogP contribution in [0.5, 0.6) is 0 Å². The van der Waals surface area contributed by atoms with Crippen LogP contribution in [0.2, 0.25) is 5.02 Å². The van der Waals surface area contributed by atoms with Crippen LogP contribution in [0.3, 0.4) is 0 Å². The number of carbonyl (C=O) groups is 1. The molecular weight excluding hydrogens is 257 g/mol. The summed E-state index contributed by atoms with van der Waals surface area (Å²) < 4.78 is 0. The number of hydrogen-bond donors (Lipinski definition) is 1. The SMILES string of the molecule is CC(C)(CCl)C(=O)NCCc1ccccc1Cl. The van der Waals surface area contributed by atoms with Crippen LogP contribution in [0, 0.1) is 5.41 Å². The van der Waals surface area contributed by atoms with Crippen LogP contribution in [0.15, 0.2) is 24.3 Å². The van der Waals surface area contributed by atoms with Gasteiger partial charge in [-0.05, 0) is 31.9 Å². The van der Waals surface area contributed by atoms with Crippen molar-refractivity contribution in [1.82, 2.24) is 5.32 Å². The molecule has 1 amide bonds. The van der Waals surface area contributed by atoms with Gasteiger partial charge in [0.05, 0.1) is 5.41 Å². The summed E-state index contributed by atoms with van der Waals surface area (Å²) in [7, 11) is 0. The molecule has 0 atom stereocenters. The number of benzene rings is 1. The van der Waals surface area contributed by atoms with E-state index in [0.29, 0.717) is 12.4 Å². The van der Waals surface area contributed by atoms with E-state index in [1.54, 1.807) is 0 Å². The molecule has 0 spiro atoms. The summed E-state index contributed by atoms with van der Waals surface area (Å²) in [5.74, 6) is 0.282. The number of alkyl halides is 1. The van der Waals surface area contributed by atoms with Gasteiger partial charge in [-0.15, -0.1) is 11.6 Å². The number of carbonyl (C=O) groups excluding carboxylic acids is 1. The van der Waals surface area contributed by atoms with Gasteiger partial charge < -0.3 is 5.32 Å². The molecule has 94 valence electrons. The summed E-state index contributed by atoms with van der Waals surface area (Å²) in [6.45, 7) is 4.22. The van der Waals surface area contributed by atoms with E-state index in [4.69, 9.17) is 23.2 Å². The highest BCUT2D eigenvalue weighted by Crippen LogP contribution is 2.17. The van der Waals surface area contributed by atoms with Crippen LogP contribution >= 0.6 is 23.2 Å². The molecule has 0 unspecified atom stereocenters. The van der Waals surface area contributed by atoms with Crippen molar-refractivity contribution in [2.24, 2.45) is 5.41 Å². The predicted octanol–water partition coefficient (Wildman–Crippen LogP) is 3.26. The van der Waals surface area contributed by atoms with Gasteiger partial charge in [0.2, 0.25) is 5.91 Å². The van der Waals surface area contributed by atoms with E-state index in [1.165, 1.54) is 0 Å². The van der Waals surface area contributed by atoms with E-state index in [0.717, 1.165) is 17.0 Å². The minimum Gasteiger partial charge on any atom is -0.355 e. The first-order chi connectivity index (χ1) is 7.97. The second-order valence-electron chi connectivity index (χ2n) is 4.61. The van der Waals surface area contributed by atoms with Crippen LogP contribution in [0.25, 0.3) is 0 Å². The monoisotopic (exact) mass is 273 g/mol. The van der Waals surface area contributed by atoms with Crippen molar-refractivity contribution in [2.45, 2.75) is 20.3 Å². The average Bonchev–Trinajstić information content (AvgIpc) is 2.31. The highest BCUT2D eigenvalue weighted by Gasteiger charge is 2.25. The van der Waals surface area contributed by atoms with Crippen molar-refractivity contribution >= 4 is 29.1 Å². The lowest BCUT2D eigenvalue weighted by Gasteiger charge is -2.20. The summed E-state index contributed by atoms with van der Waals surface area (Å²) >= 11 is 11.8. The molecular formula is C13H17Cl2NO. The van der Waals surface area contributed by atoms with E-state index >= 15 is 0 Å². The Morgan fingerprint density at radius 3 is 2.59 bits per heavy atom. The van der Waals surface area contributed by atoms with Gasteiger partial charge >= 0.3 is 0 Å². The Morgan fingerprint density at radius 2 is 2.00 bits per heavy atom. The molecule has 0 aliphatic rings. The van der Waals surface area contributed by atoms with Crippen LogP contribution < -0.4 is 5.32 Å². The van der Waals surface area contributed by atoms with E-state index in [-0.39, 0.29) is 5.91 Å². The maximum absolute atomic E-state index is 11.7. The maximum atomic E-state index is 11.7. The van der Waals surface area contributed by atoms with E-state index in [9.17, 15) is 4.79 Å². The number of rotatable bonds is 5. The summed E-state index contributed by atoms with van der Waals surface area (Å²) in [6.07, 6.45) is 0.726. The van der Waals surface area contributed by atoms with Gasteiger partial charge in [-0.3, -0.25) is 4.79 Å². The largest absolute Gasteiger partial charge is 0.355 e. The van der Waals surface area contributed by atoms with Crippen LogP contribution in [-0.4, -0.2) is 18.3 Å². The summed E-state index contributed by atoms with van der Waals surface area (Å²) in [4.78, 5) is 11.7. The van der Waals surface area contributed by atoms with Gasteiger partial charge in [-0.2, -0.15) is 0 Å². The Balaban J connectivity index is 2.44. The highest BCUT2D eigenvalue weighted by atomic mass is 35.5. The van der Waals surface area contributed by atoms with Crippen molar-refractivity contribution in [3.8, 4) is 0 Å². The molecule has 0 aromatic heterocycles. The molecule has 0 saturated heterocycles. The Kier molecular flexibility index (Phi) is 5.29. The van der Waals surface area contributed by atoms with E-state index in [1.807, 2.05) is 38.1 Å². The standard InChI is InChI=1S/C13H17Cl2NO/c1-13(2,9-14)12(17)16-8-7-10-5-3-4-6-11(10)15/h3-6H,7-9H2,1-2H3,(H,16,17). The second kappa shape index (κ2) is 6.27. The third-order valence-electron chi connectivity index (χ3n) is 2.59. The zero-order valence-electron chi connectivity index (χ0n) is 10.1. The van der Waals surface area contributed by atoms with Crippen LogP contribution in [0.4, 0.5) is 0 Å². The fraction of sp³-hybridized carbons (Fsp3) is 0.462. The Morgan fingerprint density at radius 1 is 1.35 bits per heavy atom. The molecule has 2 nitrogen and oxygen atoms in total. The zero-order chi connectivity index (χ0) is 12.9. The molecule has 0 heterocycles. The summed E-state index contributed by atoms with van der Waals surface area (Å²) in [5, 5.41) is 3.60. The second-order valence-corrected chi connectivity index (χ2v) is 5.29. The first-order valence-corrected chi connectivity index (χ1v) is 6.46. The minimum absolute atomic E-state index is 0.0282. The van der Waals surface area contributed by atoms with Gasteiger partial charge in [-0.25, -0.2) is 0 Å². The minimum atomic E-state index is -0.526. The summed E-state index contributed by atoms with van der Waals surface area (Å²) in [5.41, 5.74) is 0.514. The molecule has 1 rings (SSSR count). The Hall–Kier alpha value is -0.730. The lowest BCUT2D eigenvalue weighted by molar-refractivity contribution is -0.128. The molecule has 1 N–H and O–H groups in total. The van der Waals surface area contributed by atoms with Crippen molar-refractivity contribution in [3.63, 3.8) is 0 Å². The van der Waals surface area contributed by atoms with Gasteiger partial charge in [-0.1, -0.05) is 29.8 Å². The van der Waals surface area contributed by atoms with Gasteiger partial charge in [0, 0.05) is 17.4 Å². The lowest BCUT2D eigenvalue weighted by atomic mass is 9.95. The van der Waals surface area contributed by atoms with Gasteiger partial charge in [0.25, 0.3) is 0 Å². The zero-order valence-corrected chi connectivity index (χ0v) is 11.6. The predicted molar refractivity (Wildman–Crippen MR) is 72.7 cm³/mol. The maximum Gasteiger partial charge on any atom is 0.226 e. The molecule has 0 aliphatic carbocycles. The van der Waals surface area contributed by atoms with Crippen molar-refractivity contribution in [2.75, 3.05) is 12.4 Å². The molecule has 0 fully saturated rings. The van der Waals surface area contributed by atoms with Gasteiger partial charge in [0.15, 0.2) is 0 Å². The average molecular weight is 274 g/mol. The quantitative estimate of drug-likeness (QED) is 0.820. The molecule has 0 bridgehead atoms. The smallest absolute Gasteiger partial charge is 0.226 e. The fourth-order valence-corrected chi connectivity index (χ4v) is 1.66. The Labute approximate surface area is 112 Å². The van der Waals surface area contributed by atoms with Crippen LogP contribution in [0.1, 0.15) is 19.4 Å².